The lowest BCUT2D eigenvalue weighted by Gasteiger charge is -2.13. The van der Waals surface area contributed by atoms with E-state index in [1.165, 1.54) is 65.5 Å². The Bertz CT molecular complexity index is 4130. The number of hydrogen-bond acceptors (Lipinski definition) is 1. The lowest BCUT2D eigenvalue weighted by molar-refractivity contribution is 0.669. The molecule has 0 spiro atoms. The molecule has 0 radical (unpaired) electrons. The second-order valence-corrected chi connectivity index (χ2v) is 16.9. The van der Waals surface area contributed by atoms with Crippen LogP contribution in [0.25, 0.3) is 127 Å². The van der Waals surface area contributed by atoms with Crippen LogP contribution in [0.5, 0.6) is 0 Å². The summed E-state index contributed by atoms with van der Waals surface area (Å²) in [7, 11) is 0. The summed E-state index contributed by atoms with van der Waals surface area (Å²) in [6.07, 6.45) is 0. The molecule has 0 saturated carbocycles. The molecule has 0 fully saturated rings. The molecule has 0 aliphatic heterocycles. The molecule has 4 nitrogen and oxygen atoms in total. The number of para-hydroxylation sites is 4. The first-order chi connectivity index (χ1) is 31.8. The fraction of sp³-hybridized carbons (Fsp3) is 0. The molecule has 10 aromatic carbocycles. The summed E-state index contributed by atoms with van der Waals surface area (Å²) in [6.45, 7) is 0. The Morgan fingerprint density at radius 2 is 0.734 bits per heavy atom. The number of hydrogen-bond donors (Lipinski definition) is 0. The number of rotatable bonds is 5. The van der Waals surface area contributed by atoms with Crippen LogP contribution in [0.3, 0.4) is 0 Å². The zero-order valence-corrected chi connectivity index (χ0v) is 34.6. The molecule has 0 aliphatic rings. The van der Waals surface area contributed by atoms with Crippen molar-refractivity contribution in [2.24, 2.45) is 0 Å². The molecule has 0 bridgehead atoms. The third-order valence-corrected chi connectivity index (χ3v) is 13.5. The van der Waals surface area contributed by atoms with Gasteiger partial charge in [0.25, 0.3) is 0 Å². The van der Waals surface area contributed by atoms with E-state index in [4.69, 9.17) is 4.42 Å². The van der Waals surface area contributed by atoms with Gasteiger partial charge in [-0.05, 0) is 95.1 Å². The van der Waals surface area contributed by atoms with Crippen LogP contribution in [0.4, 0.5) is 0 Å². The van der Waals surface area contributed by atoms with Crippen molar-refractivity contribution in [2.75, 3.05) is 0 Å². The van der Waals surface area contributed by atoms with Crippen molar-refractivity contribution in [1.82, 2.24) is 13.7 Å². The average molecular weight is 816 g/mol. The van der Waals surface area contributed by atoms with Crippen LogP contribution in [0.2, 0.25) is 0 Å². The van der Waals surface area contributed by atoms with E-state index in [1.54, 1.807) is 0 Å². The molecule has 0 N–H and O–H groups in total. The highest BCUT2D eigenvalue weighted by Gasteiger charge is 2.22. The third-order valence-electron chi connectivity index (χ3n) is 13.5. The average Bonchev–Trinajstić information content (AvgIpc) is 4.10. The SMILES string of the molecule is c1ccc(-c2ccc(-c3cccc4oc5cccc(-n6c7ccccc7c7ccc(-n8c9ccccc9c9cc(-n%10c%11ccccc%11c%11ccccc%11%10)ccc98)cc76)c5c34)cc2)cc1. The molecule has 0 amide bonds. The van der Waals surface area contributed by atoms with Gasteiger partial charge < -0.3 is 18.1 Å². The van der Waals surface area contributed by atoms with Gasteiger partial charge in [0.2, 0.25) is 0 Å². The van der Waals surface area contributed by atoms with Crippen molar-refractivity contribution in [3.63, 3.8) is 0 Å². The largest absolute Gasteiger partial charge is 0.456 e. The Morgan fingerprint density at radius 3 is 1.39 bits per heavy atom. The van der Waals surface area contributed by atoms with E-state index in [2.05, 4.69) is 238 Å². The molecule has 0 saturated heterocycles. The van der Waals surface area contributed by atoms with E-state index >= 15 is 0 Å². The zero-order valence-electron chi connectivity index (χ0n) is 34.6. The highest BCUT2D eigenvalue weighted by molar-refractivity contribution is 6.19. The van der Waals surface area contributed by atoms with E-state index in [9.17, 15) is 0 Å². The van der Waals surface area contributed by atoms with Crippen molar-refractivity contribution < 1.29 is 4.42 Å². The minimum atomic E-state index is 0.865. The topological polar surface area (TPSA) is 27.9 Å². The second kappa shape index (κ2) is 13.4. The second-order valence-electron chi connectivity index (χ2n) is 16.9. The van der Waals surface area contributed by atoms with Gasteiger partial charge >= 0.3 is 0 Å². The zero-order chi connectivity index (χ0) is 41.9. The Kier molecular flexibility index (Phi) is 7.36. The molecule has 0 aliphatic carbocycles. The van der Waals surface area contributed by atoms with Crippen molar-refractivity contribution >= 4 is 87.4 Å². The van der Waals surface area contributed by atoms with Crippen molar-refractivity contribution in [2.45, 2.75) is 0 Å². The monoisotopic (exact) mass is 815 g/mol. The van der Waals surface area contributed by atoms with E-state index < -0.39 is 0 Å². The minimum Gasteiger partial charge on any atom is -0.456 e. The smallest absolute Gasteiger partial charge is 0.137 e. The van der Waals surface area contributed by atoms with Gasteiger partial charge in [0.05, 0.1) is 44.2 Å². The van der Waals surface area contributed by atoms with Crippen LogP contribution in [-0.4, -0.2) is 13.7 Å². The van der Waals surface area contributed by atoms with Crippen LogP contribution in [0.1, 0.15) is 0 Å². The highest BCUT2D eigenvalue weighted by Crippen LogP contribution is 2.44. The van der Waals surface area contributed by atoms with Crippen LogP contribution in [0, 0.1) is 0 Å². The maximum absolute atomic E-state index is 6.71. The van der Waals surface area contributed by atoms with Crippen LogP contribution < -0.4 is 0 Å². The highest BCUT2D eigenvalue weighted by atomic mass is 16.3. The van der Waals surface area contributed by atoms with E-state index in [0.29, 0.717) is 0 Å². The van der Waals surface area contributed by atoms with Crippen LogP contribution in [-0.2, 0) is 0 Å². The lowest BCUT2D eigenvalue weighted by Crippen LogP contribution is -1.98. The maximum Gasteiger partial charge on any atom is 0.137 e. The lowest BCUT2D eigenvalue weighted by atomic mass is 9.96. The molecule has 64 heavy (non-hydrogen) atoms. The van der Waals surface area contributed by atoms with Crippen LogP contribution >= 0.6 is 0 Å². The summed E-state index contributed by atoms with van der Waals surface area (Å²) in [5.74, 6) is 0. The van der Waals surface area contributed by atoms with Gasteiger partial charge in [-0.2, -0.15) is 0 Å². The van der Waals surface area contributed by atoms with E-state index in [-0.39, 0.29) is 0 Å². The van der Waals surface area contributed by atoms with Gasteiger partial charge in [-0.3, -0.25) is 0 Å². The van der Waals surface area contributed by atoms with Gasteiger partial charge in [0.15, 0.2) is 0 Å². The summed E-state index contributed by atoms with van der Waals surface area (Å²) in [6, 6.07) is 81.4. The van der Waals surface area contributed by atoms with Crippen molar-refractivity contribution in [1.29, 1.82) is 0 Å². The molecule has 14 rings (SSSR count). The Hall–Kier alpha value is -8.60. The Labute approximate surface area is 367 Å². The van der Waals surface area contributed by atoms with E-state index in [0.717, 1.165) is 61.2 Å². The van der Waals surface area contributed by atoms with Crippen molar-refractivity contribution in [3.05, 3.63) is 224 Å². The predicted molar refractivity (Wildman–Crippen MR) is 268 cm³/mol. The first-order valence-electron chi connectivity index (χ1n) is 21.9. The quantitative estimate of drug-likeness (QED) is 0.170. The normalized spacial score (nSPS) is 12.1. The number of fused-ring (bicyclic) bond motifs is 12. The maximum atomic E-state index is 6.71. The number of nitrogens with zero attached hydrogens (tertiary/aromatic N) is 3. The van der Waals surface area contributed by atoms with Gasteiger partial charge in [-0.15, -0.1) is 0 Å². The molecule has 0 unspecified atom stereocenters. The van der Waals surface area contributed by atoms with Gasteiger partial charge in [-0.25, -0.2) is 0 Å². The Balaban J connectivity index is 0.990. The summed E-state index contributed by atoms with van der Waals surface area (Å²) in [4.78, 5) is 0. The summed E-state index contributed by atoms with van der Waals surface area (Å²) in [5, 5.41) is 9.59. The number of furan rings is 1. The summed E-state index contributed by atoms with van der Waals surface area (Å²) < 4.78 is 14.0. The first-order valence-corrected chi connectivity index (χ1v) is 21.9. The molecule has 4 heteroatoms. The molecular formula is C60H37N3O. The van der Waals surface area contributed by atoms with Gasteiger partial charge in [0.1, 0.15) is 11.2 Å². The molecular weight excluding hydrogens is 779 g/mol. The molecule has 14 aromatic rings. The first kappa shape index (κ1) is 35.0. The van der Waals surface area contributed by atoms with Gasteiger partial charge in [0, 0.05) is 49.1 Å². The van der Waals surface area contributed by atoms with E-state index in [1.807, 2.05) is 0 Å². The third kappa shape index (κ3) is 4.99. The van der Waals surface area contributed by atoms with Crippen LogP contribution in [0.15, 0.2) is 229 Å². The number of benzene rings is 10. The molecule has 4 aromatic heterocycles. The standard InChI is InChI=1S/C60H37N3O/c1-2-14-38(15-3-1)39-28-30-40(31-29-39)43-20-12-26-57-59(43)60-55(25-13-27-58(60)64-57)63-53-24-11-6-18-46(53)48-34-32-42(37-56(48)63)62-52-23-10-7-19-47(52)49-36-41(33-35-54(49)62)61-50-21-8-4-16-44(50)45-17-5-9-22-51(45)61/h1-37H. The predicted octanol–water partition coefficient (Wildman–Crippen LogP) is 16.2. The molecule has 4 heterocycles. The molecule has 0 atom stereocenters. The minimum absolute atomic E-state index is 0.865. The van der Waals surface area contributed by atoms with Gasteiger partial charge in [-0.1, -0.05) is 152 Å². The fourth-order valence-electron chi connectivity index (χ4n) is 10.7. The number of aromatic nitrogens is 3. The summed E-state index contributed by atoms with van der Waals surface area (Å²) in [5.41, 5.74) is 16.8. The Morgan fingerprint density at radius 1 is 0.266 bits per heavy atom. The molecule has 298 valence electrons. The fourth-order valence-corrected chi connectivity index (χ4v) is 10.7. The van der Waals surface area contributed by atoms with Crippen molar-refractivity contribution in [3.8, 4) is 39.3 Å². The summed E-state index contributed by atoms with van der Waals surface area (Å²) >= 11 is 0.